The number of fused-ring (bicyclic) bond motifs is 2. The third-order valence-electron chi connectivity index (χ3n) is 5.21. The molecule has 2 aliphatic rings. The van der Waals surface area contributed by atoms with E-state index in [1.807, 2.05) is 0 Å². The number of thiophene rings is 1. The third-order valence-corrected chi connectivity index (χ3v) is 7.25. The van der Waals surface area contributed by atoms with Crippen LogP contribution in [0, 0.1) is 5.92 Å². The first kappa shape index (κ1) is 19.3. The topological polar surface area (TPSA) is 94.3 Å². The second-order valence-corrected chi connectivity index (χ2v) is 9.60. The van der Waals surface area contributed by atoms with Gasteiger partial charge in [-0.2, -0.15) is 0 Å². The molecule has 1 aliphatic carbocycles. The van der Waals surface area contributed by atoms with Crippen molar-refractivity contribution in [3.05, 3.63) is 40.3 Å². The van der Waals surface area contributed by atoms with Crippen LogP contribution in [-0.4, -0.2) is 34.2 Å². The van der Waals surface area contributed by atoms with Gasteiger partial charge in [0.1, 0.15) is 5.75 Å². The molecule has 1 unspecified atom stereocenters. The summed E-state index contributed by atoms with van der Waals surface area (Å²) in [6.45, 7) is 2.27. The molecule has 1 aliphatic heterocycles. The summed E-state index contributed by atoms with van der Waals surface area (Å²) in [5.74, 6) is 1.61. The third kappa shape index (κ3) is 3.87. The quantitative estimate of drug-likeness (QED) is 0.468. The number of thioether (sulfide) groups is 1. The summed E-state index contributed by atoms with van der Waals surface area (Å²) in [4.78, 5) is 26.4. The van der Waals surface area contributed by atoms with Crippen LogP contribution in [0.1, 0.15) is 34.1 Å². The first-order chi connectivity index (χ1) is 14.5. The average Bonchev–Trinajstić information content (AvgIpc) is 3.37. The van der Waals surface area contributed by atoms with Crippen LogP contribution in [-0.2, 0) is 17.6 Å². The highest BCUT2D eigenvalue weighted by molar-refractivity contribution is 7.99. The van der Waals surface area contributed by atoms with Crippen molar-refractivity contribution in [2.45, 2.75) is 31.4 Å². The van der Waals surface area contributed by atoms with Crippen molar-refractivity contribution in [3.8, 4) is 16.5 Å². The number of ketones is 1. The predicted octanol–water partition coefficient (Wildman–Crippen LogP) is 4.23. The van der Waals surface area contributed by atoms with Gasteiger partial charge in [-0.25, -0.2) is 0 Å². The smallest absolute Gasteiger partial charge is 0.277 e. The minimum Gasteiger partial charge on any atom is -0.482 e. The molecule has 5 rings (SSSR count). The van der Waals surface area contributed by atoms with Gasteiger partial charge in [0.15, 0.2) is 12.4 Å². The maximum absolute atomic E-state index is 12.6. The van der Waals surface area contributed by atoms with Gasteiger partial charge in [0.2, 0.25) is 0 Å². The lowest BCUT2D eigenvalue weighted by Gasteiger charge is -2.18. The molecule has 1 amide bonds. The Morgan fingerprint density at radius 2 is 2.23 bits per heavy atom. The van der Waals surface area contributed by atoms with Gasteiger partial charge in [0.05, 0.1) is 16.3 Å². The monoisotopic (exact) mass is 441 g/mol. The normalized spacial score (nSPS) is 17.6. The van der Waals surface area contributed by atoms with Crippen molar-refractivity contribution in [2.24, 2.45) is 5.92 Å². The van der Waals surface area contributed by atoms with Crippen LogP contribution < -0.4 is 10.1 Å². The number of Topliss-reactive ketones (excluding diaryl/α,β-unsaturated/α-hetero) is 1. The van der Waals surface area contributed by atoms with Gasteiger partial charge in [0.25, 0.3) is 17.0 Å². The zero-order valence-corrected chi connectivity index (χ0v) is 17.9. The van der Waals surface area contributed by atoms with Gasteiger partial charge in [-0.1, -0.05) is 18.7 Å². The zero-order valence-electron chi connectivity index (χ0n) is 16.3. The van der Waals surface area contributed by atoms with Crippen LogP contribution in [0.2, 0.25) is 0 Å². The van der Waals surface area contributed by atoms with E-state index < -0.39 is 0 Å². The summed E-state index contributed by atoms with van der Waals surface area (Å²) in [5, 5.41) is 11.3. The highest BCUT2D eigenvalue weighted by Crippen LogP contribution is 2.37. The SMILES string of the molecule is CC1CCc2sc(-c3nnc(SCC(=O)c4ccc5c(c4)NC(=O)CO5)o3)cc2C1. The number of aryl methyl sites for hydroxylation is 1. The fourth-order valence-electron chi connectivity index (χ4n) is 3.65. The van der Waals surface area contributed by atoms with Gasteiger partial charge >= 0.3 is 0 Å². The fourth-order valence-corrected chi connectivity index (χ4v) is 5.43. The molecule has 0 bridgehead atoms. The Kier molecular flexibility index (Phi) is 5.08. The standard InChI is InChI=1S/C21H19N3O4S2/c1-11-2-5-17-13(6-11)8-18(30-17)20-23-24-21(28-20)29-10-15(25)12-3-4-16-14(7-12)22-19(26)9-27-16/h3-4,7-8,11H,2,5-6,9-10H2,1H3,(H,22,26). The van der Waals surface area contributed by atoms with Crippen LogP contribution in [0.3, 0.4) is 0 Å². The molecular formula is C21H19N3O4S2. The van der Waals surface area contributed by atoms with Gasteiger partial charge in [0, 0.05) is 10.4 Å². The zero-order chi connectivity index (χ0) is 20.7. The first-order valence-electron chi connectivity index (χ1n) is 9.73. The number of rotatable bonds is 5. The summed E-state index contributed by atoms with van der Waals surface area (Å²) in [6, 6.07) is 7.17. The largest absolute Gasteiger partial charge is 0.482 e. The molecule has 0 radical (unpaired) electrons. The van der Waals surface area contributed by atoms with E-state index in [9.17, 15) is 9.59 Å². The lowest BCUT2D eigenvalue weighted by molar-refractivity contribution is -0.118. The highest BCUT2D eigenvalue weighted by atomic mass is 32.2. The number of benzene rings is 1. The van der Waals surface area contributed by atoms with Crippen LogP contribution >= 0.6 is 23.1 Å². The molecule has 2 aromatic heterocycles. The number of hydrogen-bond donors (Lipinski definition) is 1. The fraction of sp³-hybridized carbons (Fsp3) is 0.333. The van der Waals surface area contributed by atoms with Gasteiger partial charge in [-0.15, -0.1) is 21.5 Å². The van der Waals surface area contributed by atoms with Crippen LogP contribution in [0.5, 0.6) is 5.75 Å². The summed E-state index contributed by atoms with van der Waals surface area (Å²) >= 11 is 2.93. The number of hydrogen-bond acceptors (Lipinski definition) is 8. The maximum atomic E-state index is 12.6. The first-order valence-corrected chi connectivity index (χ1v) is 11.5. The molecule has 3 aromatic rings. The number of aromatic nitrogens is 2. The second kappa shape index (κ2) is 7.88. The molecule has 0 saturated heterocycles. The van der Waals surface area contributed by atoms with E-state index in [0.717, 1.165) is 17.7 Å². The second-order valence-electron chi connectivity index (χ2n) is 7.54. The molecule has 154 valence electrons. The molecule has 0 fully saturated rings. The lowest BCUT2D eigenvalue weighted by Crippen LogP contribution is -2.25. The van der Waals surface area contributed by atoms with Crippen LogP contribution in [0.25, 0.3) is 10.8 Å². The summed E-state index contributed by atoms with van der Waals surface area (Å²) in [5.41, 5.74) is 2.39. The Morgan fingerprint density at radius 3 is 3.13 bits per heavy atom. The number of anilines is 1. The number of carbonyl (C=O) groups excluding carboxylic acids is 2. The molecule has 9 heteroatoms. The van der Waals surface area contributed by atoms with Crippen LogP contribution in [0.4, 0.5) is 5.69 Å². The molecular weight excluding hydrogens is 422 g/mol. The maximum Gasteiger partial charge on any atom is 0.277 e. The molecule has 1 N–H and O–H groups in total. The van der Waals surface area contributed by atoms with E-state index in [1.165, 1.54) is 28.6 Å². The molecule has 7 nitrogen and oxygen atoms in total. The Bertz CT molecular complexity index is 1140. The molecule has 3 heterocycles. The lowest BCUT2D eigenvalue weighted by atomic mass is 9.90. The Morgan fingerprint density at radius 1 is 1.33 bits per heavy atom. The molecule has 0 saturated carbocycles. The highest BCUT2D eigenvalue weighted by Gasteiger charge is 2.22. The van der Waals surface area contributed by atoms with E-state index >= 15 is 0 Å². The average molecular weight is 442 g/mol. The molecule has 0 spiro atoms. The van der Waals surface area contributed by atoms with Crippen molar-refractivity contribution < 1.29 is 18.7 Å². The van der Waals surface area contributed by atoms with Gasteiger partial charge < -0.3 is 14.5 Å². The van der Waals surface area contributed by atoms with Crippen LogP contribution in [0.15, 0.2) is 33.9 Å². The van der Waals surface area contributed by atoms with E-state index in [4.69, 9.17) is 9.15 Å². The molecule has 1 aromatic carbocycles. The Balaban J connectivity index is 1.25. The number of nitrogens with one attached hydrogen (secondary N) is 1. The molecule has 30 heavy (non-hydrogen) atoms. The summed E-state index contributed by atoms with van der Waals surface area (Å²) < 4.78 is 11.1. The van der Waals surface area contributed by atoms with E-state index in [2.05, 4.69) is 28.5 Å². The van der Waals surface area contributed by atoms with Crippen molar-refractivity contribution in [1.82, 2.24) is 10.2 Å². The number of amides is 1. The number of carbonyl (C=O) groups is 2. The number of ether oxygens (including phenoxy) is 1. The van der Waals surface area contributed by atoms with E-state index in [1.54, 1.807) is 29.5 Å². The summed E-state index contributed by atoms with van der Waals surface area (Å²) in [6.07, 6.45) is 3.43. The van der Waals surface area contributed by atoms with Crippen molar-refractivity contribution in [2.75, 3.05) is 17.7 Å². The number of nitrogens with zero attached hydrogens (tertiary/aromatic N) is 2. The summed E-state index contributed by atoms with van der Waals surface area (Å²) in [7, 11) is 0. The van der Waals surface area contributed by atoms with Crippen molar-refractivity contribution in [3.63, 3.8) is 0 Å². The van der Waals surface area contributed by atoms with Crippen molar-refractivity contribution in [1.29, 1.82) is 0 Å². The predicted molar refractivity (Wildman–Crippen MR) is 114 cm³/mol. The van der Waals surface area contributed by atoms with Gasteiger partial charge in [-0.05, 0) is 55.0 Å². The van der Waals surface area contributed by atoms with E-state index in [-0.39, 0.29) is 24.1 Å². The van der Waals surface area contributed by atoms with Crippen molar-refractivity contribution >= 4 is 40.5 Å². The minimum absolute atomic E-state index is 0.0120. The Labute approximate surface area is 181 Å². The minimum atomic E-state index is -0.232. The molecule has 1 atom stereocenters. The van der Waals surface area contributed by atoms with E-state index in [0.29, 0.717) is 34.0 Å². The Hall–Kier alpha value is -2.65. The van der Waals surface area contributed by atoms with Gasteiger partial charge in [-0.3, -0.25) is 9.59 Å².